The quantitative estimate of drug-likeness (QED) is 0.717. The lowest BCUT2D eigenvalue weighted by Gasteiger charge is -2.25. The summed E-state index contributed by atoms with van der Waals surface area (Å²) in [5.74, 6) is 1.04. The summed E-state index contributed by atoms with van der Waals surface area (Å²) in [6.07, 6.45) is 4.73. The van der Waals surface area contributed by atoms with E-state index < -0.39 is 10.0 Å². The van der Waals surface area contributed by atoms with Crippen molar-refractivity contribution in [1.29, 1.82) is 0 Å². The summed E-state index contributed by atoms with van der Waals surface area (Å²) in [6.45, 7) is 1.39. The minimum atomic E-state index is -3.18. The SMILES string of the molecule is CNCC1Cc2ccc(CNS(=O)(=O)C3CCC3)cc2C1Cc1ccccc1. The van der Waals surface area contributed by atoms with Crippen LogP contribution in [-0.4, -0.2) is 27.3 Å². The van der Waals surface area contributed by atoms with Gasteiger partial charge in [0.05, 0.1) is 5.25 Å². The third-order valence-corrected chi connectivity index (χ3v) is 8.29. The molecule has 4 rings (SSSR count). The fourth-order valence-corrected chi connectivity index (χ4v) is 6.13. The Hall–Kier alpha value is -1.69. The predicted octanol–water partition coefficient (Wildman–Crippen LogP) is 3.38. The van der Waals surface area contributed by atoms with E-state index in [1.54, 1.807) is 0 Å². The Morgan fingerprint density at radius 1 is 1.04 bits per heavy atom. The molecule has 0 spiro atoms. The van der Waals surface area contributed by atoms with E-state index in [0.717, 1.165) is 44.2 Å². The summed E-state index contributed by atoms with van der Waals surface area (Å²) in [6, 6.07) is 17.2. The van der Waals surface area contributed by atoms with Crippen LogP contribution in [-0.2, 0) is 29.4 Å². The largest absolute Gasteiger partial charge is 0.319 e. The summed E-state index contributed by atoms with van der Waals surface area (Å²) in [5, 5.41) is 3.17. The van der Waals surface area contributed by atoms with Gasteiger partial charge in [-0.2, -0.15) is 0 Å². The number of benzene rings is 2. The van der Waals surface area contributed by atoms with Crippen LogP contribution in [0.15, 0.2) is 48.5 Å². The molecule has 4 nitrogen and oxygen atoms in total. The zero-order valence-corrected chi connectivity index (χ0v) is 17.3. The number of rotatable bonds is 8. The molecule has 2 aromatic rings. The second-order valence-corrected chi connectivity index (χ2v) is 10.3. The molecule has 0 radical (unpaired) electrons. The van der Waals surface area contributed by atoms with Crippen LogP contribution in [0.5, 0.6) is 0 Å². The van der Waals surface area contributed by atoms with E-state index in [4.69, 9.17) is 0 Å². The van der Waals surface area contributed by atoms with Gasteiger partial charge >= 0.3 is 0 Å². The van der Waals surface area contributed by atoms with Crippen molar-refractivity contribution in [3.63, 3.8) is 0 Å². The van der Waals surface area contributed by atoms with Crippen LogP contribution < -0.4 is 10.0 Å². The van der Waals surface area contributed by atoms with Crippen molar-refractivity contribution in [2.24, 2.45) is 5.92 Å². The molecule has 2 aliphatic rings. The molecule has 2 unspecified atom stereocenters. The maximum atomic E-state index is 12.3. The van der Waals surface area contributed by atoms with E-state index in [0.29, 0.717) is 18.4 Å². The molecule has 0 amide bonds. The molecule has 5 heteroatoms. The first-order chi connectivity index (χ1) is 13.6. The van der Waals surface area contributed by atoms with Gasteiger partial charge in [-0.25, -0.2) is 13.1 Å². The van der Waals surface area contributed by atoms with Gasteiger partial charge in [0.25, 0.3) is 0 Å². The Labute approximate surface area is 168 Å². The van der Waals surface area contributed by atoms with Crippen molar-refractivity contribution in [1.82, 2.24) is 10.0 Å². The number of hydrogen-bond donors (Lipinski definition) is 2. The van der Waals surface area contributed by atoms with Gasteiger partial charge in [-0.05, 0) is 73.4 Å². The first kappa shape index (κ1) is 19.6. The van der Waals surface area contributed by atoms with Crippen molar-refractivity contribution in [3.8, 4) is 0 Å². The van der Waals surface area contributed by atoms with Crippen LogP contribution in [0.25, 0.3) is 0 Å². The number of sulfonamides is 1. The molecule has 1 fully saturated rings. The van der Waals surface area contributed by atoms with Gasteiger partial charge in [-0.3, -0.25) is 0 Å². The Bertz CT molecular complexity index is 907. The monoisotopic (exact) mass is 398 g/mol. The van der Waals surface area contributed by atoms with Gasteiger partial charge < -0.3 is 5.32 Å². The third-order valence-electron chi connectivity index (χ3n) is 6.39. The van der Waals surface area contributed by atoms with Crippen molar-refractivity contribution in [3.05, 3.63) is 70.8 Å². The lowest BCUT2D eigenvalue weighted by molar-refractivity contribution is 0.436. The number of fused-ring (bicyclic) bond motifs is 1. The molecular weight excluding hydrogens is 368 g/mol. The van der Waals surface area contributed by atoms with Gasteiger partial charge in [0.1, 0.15) is 0 Å². The maximum absolute atomic E-state index is 12.3. The van der Waals surface area contributed by atoms with Crippen molar-refractivity contribution < 1.29 is 8.42 Å². The minimum absolute atomic E-state index is 0.187. The molecule has 1 saturated carbocycles. The van der Waals surface area contributed by atoms with Crippen LogP contribution in [0.3, 0.4) is 0 Å². The summed E-state index contributed by atoms with van der Waals surface area (Å²) < 4.78 is 27.5. The second-order valence-electron chi connectivity index (χ2n) is 8.27. The van der Waals surface area contributed by atoms with Crippen molar-refractivity contribution in [2.75, 3.05) is 13.6 Å². The summed E-state index contributed by atoms with van der Waals surface area (Å²) in [4.78, 5) is 0. The van der Waals surface area contributed by atoms with E-state index in [-0.39, 0.29) is 5.25 Å². The van der Waals surface area contributed by atoms with E-state index >= 15 is 0 Å². The van der Waals surface area contributed by atoms with Gasteiger partial charge in [-0.1, -0.05) is 55.0 Å². The molecular formula is C23H30N2O2S. The molecule has 150 valence electrons. The fraction of sp³-hybridized carbons (Fsp3) is 0.478. The first-order valence-electron chi connectivity index (χ1n) is 10.4. The number of nitrogens with one attached hydrogen (secondary N) is 2. The molecule has 2 N–H and O–H groups in total. The molecule has 0 aromatic heterocycles. The minimum Gasteiger partial charge on any atom is -0.319 e. The van der Waals surface area contributed by atoms with Gasteiger partial charge in [0.15, 0.2) is 0 Å². The Morgan fingerprint density at radius 3 is 2.50 bits per heavy atom. The van der Waals surface area contributed by atoms with Gasteiger partial charge in [0, 0.05) is 6.54 Å². The Balaban J connectivity index is 1.53. The molecule has 0 heterocycles. The van der Waals surface area contributed by atoms with Crippen LogP contribution in [0.1, 0.15) is 47.4 Å². The smallest absolute Gasteiger partial charge is 0.214 e. The molecule has 28 heavy (non-hydrogen) atoms. The van der Waals surface area contributed by atoms with Crippen LogP contribution in [0.2, 0.25) is 0 Å². The topological polar surface area (TPSA) is 58.2 Å². The average Bonchev–Trinajstić information content (AvgIpc) is 2.96. The zero-order valence-electron chi connectivity index (χ0n) is 16.5. The molecule has 2 atom stereocenters. The maximum Gasteiger partial charge on any atom is 0.214 e. The van der Waals surface area contributed by atoms with Crippen molar-refractivity contribution >= 4 is 10.0 Å². The summed E-state index contributed by atoms with van der Waals surface area (Å²) in [7, 11) is -1.16. The molecule has 2 aromatic carbocycles. The lowest BCUT2D eigenvalue weighted by Crippen LogP contribution is -2.38. The van der Waals surface area contributed by atoms with Crippen LogP contribution in [0, 0.1) is 5.92 Å². The molecule has 0 bridgehead atoms. The van der Waals surface area contributed by atoms with E-state index in [1.807, 2.05) is 7.05 Å². The van der Waals surface area contributed by atoms with E-state index in [1.165, 1.54) is 16.7 Å². The second kappa shape index (κ2) is 8.36. The predicted molar refractivity (Wildman–Crippen MR) is 114 cm³/mol. The highest BCUT2D eigenvalue weighted by Crippen LogP contribution is 2.40. The van der Waals surface area contributed by atoms with Crippen LogP contribution in [0.4, 0.5) is 0 Å². The van der Waals surface area contributed by atoms with Crippen LogP contribution >= 0.6 is 0 Å². The summed E-state index contributed by atoms with van der Waals surface area (Å²) >= 11 is 0. The van der Waals surface area contributed by atoms with E-state index in [2.05, 4.69) is 58.6 Å². The highest BCUT2D eigenvalue weighted by atomic mass is 32.2. The average molecular weight is 399 g/mol. The van der Waals surface area contributed by atoms with E-state index in [9.17, 15) is 8.42 Å². The van der Waals surface area contributed by atoms with Gasteiger partial charge in [0.2, 0.25) is 10.0 Å². The normalized spacial score (nSPS) is 22.0. The van der Waals surface area contributed by atoms with Gasteiger partial charge in [-0.15, -0.1) is 0 Å². The molecule has 0 aliphatic heterocycles. The number of hydrogen-bond acceptors (Lipinski definition) is 3. The lowest BCUT2D eigenvalue weighted by atomic mass is 9.86. The summed E-state index contributed by atoms with van der Waals surface area (Å²) in [5.41, 5.74) is 5.22. The zero-order chi connectivity index (χ0) is 19.6. The highest BCUT2D eigenvalue weighted by molar-refractivity contribution is 7.90. The fourth-order valence-electron chi connectivity index (χ4n) is 4.57. The Morgan fingerprint density at radius 2 is 1.82 bits per heavy atom. The molecule has 2 aliphatic carbocycles. The standard InChI is InChI=1S/C23H30N2O2S/c1-24-16-20-14-19-11-10-18(15-25-28(26,27)21-8-5-9-21)13-22(19)23(20)12-17-6-3-2-4-7-17/h2-4,6-7,10-11,13,20-21,23-25H,5,8-9,12,14-16H2,1H3. The van der Waals surface area contributed by atoms with Crippen molar-refractivity contribution in [2.45, 2.75) is 49.8 Å². The Kier molecular flexibility index (Phi) is 5.85. The molecule has 0 saturated heterocycles. The first-order valence-corrected chi connectivity index (χ1v) is 11.9. The third kappa shape index (κ3) is 4.17. The highest BCUT2D eigenvalue weighted by Gasteiger charge is 2.33.